The summed E-state index contributed by atoms with van der Waals surface area (Å²) in [6.07, 6.45) is 5.02. The Balaban J connectivity index is 1.45. The number of rotatable bonds is 7. The molecule has 0 aliphatic heterocycles. The zero-order chi connectivity index (χ0) is 21.8. The monoisotopic (exact) mass is 497 g/mol. The van der Waals surface area contributed by atoms with Crippen molar-refractivity contribution in [3.8, 4) is 0 Å². The lowest BCUT2D eigenvalue weighted by Gasteiger charge is -2.09. The maximum absolute atomic E-state index is 12.8. The van der Waals surface area contributed by atoms with Crippen LogP contribution in [0.5, 0.6) is 0 Å². The van der Waals surface area contributed by atoms with Crippen LogP contribution in [0.3, 0.4) is 0 Å². The van der Waals surface area contributed by atoms with E-state index in [1.165, 1.54) is 24.3 Å². The van der Waals surface area contributed by atoms with E-state index in [-0.39, 0.29) is 11.5 Å². The van der Waals surface area contributed by atoms with E-state index in [1.54, 1.807) is 15.3 Å². The minimum Gasteiger partial charge on any atom is -0.350 e. The molecule has 2 heterocycles. The minimum atomic E-state index is -0.142. The molecular formula is C22H20BrN5O2S. The van der Waals surface area contributed by atoms with Gasteiger partial charge in [0, 0.05) is 15.9 Å². The molecule has 9 heteroatoms. The van der Waals surface area contributed by atoms with Crippen LogP contribution in [0.1, 0.15) is 15.9 Å². The number of hydrogen-bond acceptors (Lipinski definition) is 5. The molecule has 4 rings (SSSR count). The molecule has 0 aliphatic carbocycles. The fraction of sp³-hybridized carbons (Fsp3) is 0.182. The van der Waals surface area contributed by atoms with E-state index < -0.39 is 0 Å². The number of hydrogen-bond donors (Lipinski definition) is 1. The Hall–Kier alpha value is -2.91. The van der Waals surface area contributed by atoms with Gasteiger partial charge in [-0.25, -0.2) is 9.67 Å². The summed E-state index contributed by atoms with van der Waals surface area (Å²) in [5.74, 6) is -0.133. The maximum Gasteiger partial charge on any atom is 0.264 e. The van der Waals surface area contributed by atoms with Gasteiger partial charge in [0.15, 0.2) is 5.65 Å². The van der Waals surface area contributed by atoms with Crippen LogP contribution in [-0.2, 0) is 13.1 Å². The molecule has 1 amide bonds. The third-order valence-electron chi connectivity index (χ3n) is 4.85. The highest BCUT2D eigenvalue weighted by Gasteiger charge is 2.12. The second-order valence-corrected chi connectivity index (χ2v) is 8.63. The molecule has 4 aromatic rings. The van der Waals surface area contributed by atoms with Crippen LogP contribution in [0.2, 0.25) is 0 Å². The number of amides is 1. The predicted octanol–water partition coefficient (Wildman–Crippen LogP) is 3.56. The van der Waals surface area contributed by atoms with Gasteiger partial charge in [0.2, 0.25) is 0 Å². The highest BCUT2D eigenvalue weighted by atomic mass is 79.9. The van der Waals surface area contributed by atoms with E-state index in [9.17, 15) is 9.59 Å². The zero-order valence-corrected chi connectivity index (χ0v) is 19.2. The summed E-state index contributed by atoms with van der Waals surface area (Å²) in [6.45, 7) is 1.23. The van der Waals surface area contributed by atoms with Crippen molar-refractivity contribution in [1.29, 1.82) is 0 Å². The SMILES string of the molecule is CSc1ccccc1C(=O)NCCn1ncc2c(=O)n(Cc3ccc(Br)cc3)cnc21. The molecule has 158 valence electrons. The van der Waals surface area contributed by atoms with E-state index in [0.29, 0.717) is 36.2 Å². The quantitative estimate of drug-likeness (QED) is 0.394. The molecule has 0 aliphatic rings. The number of benzene rings is 2. The number of carbonyl (C=O) groups is 1. The van der Waals surface area contributed by atoms with Gasteiger partial charge in [-0.15, -0.1) is 11.8 Å². The van der Waals surface area contributed by atoms with Crippen LogP contribution in [0, 0.1) is 0 Å². The molecule has 0 atom stereocenters. The van der Waals surface area contributed by atoms with E-state index >= 15 is 0 Å². The fourth-order valence-corrected chi connectivity index (χ4v) is 4.12. The number of aromatic nitrogens is 4. The third kappa shape index (κ3) is 4.72. The van der Waals surface area contributed by atoms with Crippen molar-refractivity contribution in [2.24, 2.45) is 0 Å². The number of fused-ring (bicyclic) bond motifs is 1. The lowest BCUT2D eigenvalue weighted by molar-refractivity contribution is 0.0949. The Morgan fingerprint density at radius 2 is 1.94 bits per heavy atom. The molecule has 7 nitrogen and oxygen atoms in total. The first kappa shape index (κ1) is 21.3. The molecule has 2 aromatic carbocycles. The summed E-state index contributed by atoms with van der Waals surface area (Å²) in [6, 6.07) is 15.3. The largest absolute Gasteiger partial charge is 0.350 e. The maximum atomic E-state index is 12.8. The Morgan fingerprint density at radius 3 is 2.71 bits per heavy atom. The Morgan fingerprint density at radius 1 is 1.16 bits per heavy atom. The molecule has 0 unspecified atom stereocenters. The lowest BCUT2D eigenvalue weighted by Crippen LogP contribution is -2.28. The van der Waals surface area contributed by atoms with E-state index in [0.717, 1.165) is 14.9 Å². The number of thioether (sulfide) groups is 1. The van der Waals surface area contributed by atoms with Gasteiger partial charge in [0.25, 0.3) is 11.5 Å². The van der Waals surface area contributed by atoms with Crippen molar-refractivity contribution < 1.29 is 4.79 Å². The van der Waals surface area contributed by atoms with Crippen LogP contribution in [0.25, 0.3) is 11.0 Å². The number of nitrogens with one attached hydrogen (secondary N) is 1. The first-order valence-electron chi connectivity index (χ1n) is 9.63. The standard InChI is InChI=1S/C22H20BrN5O2S/c1-31-19-5-3-2-4-17(19)21(29)24-10-11-28-20-18(12-26-28)22(30)27(14-25-20)13-15-6-8-16(23)9-7-15/h2-9,12,14H,10-11,13H2,1H3,(H,24,29). The van der Waals surface area contributed by atoms with Crippen molar-refractivity contribution in [1.82, 2.24) is 24.6 Å². The summed E-state index contributed by atoms with van der Waals surface area (Å²) in [7, 11) is 0. The molecular weight excluding hydrogens is 478 g/mol. The van der Waals surface area contributed by atoms with Gasteiger partial charge in [-0.05, 0) is 36.1 Å². The average Bonchev–Trinajstić information content (AvgIpc) is 3.20. The summed E-state index contributed by atoms with van der Waals surface area (Å²) >= 11 is 4.94. The lowest BCUT2D eigenvalue weighted by atomic mass is 10.2. The molecule has 0 spiro atoms. The average molecular weight is 498 g/mol. The van der Waals surface area contributed by atoms with Crippen LogP contribution < -0.4 is 10.9 Å². The first-order chi connectivity index (χ1) is 15.1. The van der Waals surface area contributed by atoms with Gasteiger partial charge in [0.1, 0.15) is 11.7 Å². The highest BCUT2D eigenvalue weighted by Crippen LogP contribution is 2.19. The van der Waals surface area contributed by atoms with E-state index in [4.69, 9.17) is 0 Å². The normalized spacial score (nSPS) is 11.0. The molecule has 1 N–H and O–H groups in total. The van der Waals surface area contributed by atoms with Crippen LogP contribution in [0.15, 0.2) is 75.2 Å². The molecule has 0 saturated carbocycles. The fourth-order valence-electron chi connectivity index (χ4n) is 3.26. The Bertz CT molecular complexity index is 1280. The van der Waals surface area contributed by atoms with Crippen molar-refractivity contribution in [2.45, 2.75) is 18.0 Å². The van der Waals surface area contributed by atoms with Gasteiger partial charge in [0.05, 0.1) is 24.8 Å². The van der Waals surface area contributed by atoms with Crippen LogP contribution >= 0.6 is 27.7 Å². The van der Waals surface area contributed by atoms with E-state index in [1.807, 2.05) is 48.7 Å². The Labute approximate surface area is 191 Å². The van der Waals surface area contributed by atoms with Crippen molar-refractivity contribution >= 4 is 44.6 Å². The second kappa shape index (κ2) is 9.49. The molecule has 0 saturated heterocycles. The third-order valence-corrected chi connectivity index (χ3v) is 6.17. The molecule has 0 bridgehead atoms. The topological polar surface area (TPSA) is 81.8 Å². The summed E-state index contributed by atoms with van der Waals surface area (Å²) in [4.78, 5) is 30.7. The smallest absolute Gasteiger partial charge is 0.264 e. The minimum absolute atomic E-state index is 0.133. The van der Waals surface area contributed by atoms with Gasteiger partial charge < -0.3 is 5.32 Å². The number of carbonyl (C=O) groups excluding carboxylic acids is 1. The van der Waals surface area contributed by atoms with Crippen molar-refractivity contribution in [2.75, 3.05) is 12.8 Å². The van der Waals surface area contributed by atoms with Gasteiger partial charge >= 0.3 is 0 Å². The van der Waals surface area contributed by atoms with Crippen molar-refractivity contribution in [3.05, 3.63) is 87.0 Å². The Kier molecular flexibility index (Phi) is 6.53. The summed E-state index contributed by atoms with van der Waals surface area (Å²) in [5, 5.41) is 7.67. The van der Waals surface area contributed by atoms with Crippen LogP contribution in [-0.4, -0.2) is 38.0 Å². The summed E-state index contributed by atoms with van der Waals surface area (Å²) in [5.41, 5.74) is 2.02. The molecule has 31 heavy (non-hydrogen) atoms. The first-order valence-corrected chi connectivity index (χ1v) is 11.6. The molecule has 2 aromatic heterocycles. The van der Waals surface area contributed by atoms with Gasteiger partial charge in [-0.3, -0.25) is 14.2 Å². The van der Waals surface area contributed by atoms with Crippen molar-refractivity contribution in [3.63, 3.8) is 0 Å². The van der Waals surface area contributed by atoms with Gasteiger partial charge in [-0.1, -0.05) is 40.2 Å². The molecule has 0 radical (unpaired) electrons. The van der Waals surface area contributed by atoms with Crippen LogP contribution in [0.4, 0.5) is 0 Å². The zero-order valence-electron chi connectivity index (χ0n) is 16.8. The van der Waals surface area contributed by atoms with E-state index in [2.05, 4.69) is 31.3 Å². The second-order valence-electron chi connectivity index (χ2n) is 6.87. The number of halogens is 1. The highest BCUT2D eigenvalue weighted by molar-refractivity contribution is 9.10. The predicted molar refractivity (Wildman–Crippen MR) is 126 cm³/mol. The van der Waals surface area contributed by atoms with Gasteiger partial charge in [-0.2, -0.15) is 5.10 Å². The molecule has 0 fully saturated rings. The number of nitrogens with zero attached hydrogens (tertiary/aromatic N) is 4. The summed E-state index contributed by atoms with van der Waals surface area (Å²) < 4.78 is 4.20.